The van der Waals surface area contributed by atoms with Gasteiger partial charge in [0.25, 0.3) is 0 Å². The molecule has 3 rings (SSSR count). The van der Waals surface area contributed by atoms with Gasteiger partial charge in [0.15, 0.2) is 11.5 Å². The highest BCUT2D eigenvalue weighted by atomic mass is 16.6. The number of rotatable bonds is 7. The van der Waals surface area contributed by atoms with Crippen molar-refractivity contribution in [3.05, 3.63) is 90.7 Å². The third-order valence-electron chi connectivity index (χ3n) is 4.66. The number of hydrogen-bond donors (Lipinski definition) is 0. The highest BCUT2D eigenvalue weighted by Gasteiger charge is 2.16. The summed E-state index contributed by atoms with van der Waals surface area (Å²) in [5.41, 5.74) is 3.31. The molecule has 0 bridgehead atoms. The summed E-state index contributed by atoms with van der Waals surface area (Å²) < 4.78 is 16.8. The van der Waals surface area contributed by atoms with Crippen LogP contribution >= 0.6 is 0 Å². The molecular formula is C28H26O5. The highest BCUT2D eigenvalue weighted by molar-refractivity contribution is 6.02. The van der Waals surface area contributed by atoms with Crippen LogP contribution < -0.4 is 14.2 Å². The molecule has 0 N–H and O–H groups in total. The molecule has 0 aliphatic heterocycles. The fourth-order valence-corrected chi connectivity index (χ4v) is 3.02. The Morgan fingerprint density at radius 2 is 1.30 bits per heavy atom. The Morgan fingerprint density at radius 3 is 1.91 bits per heavy atom. The molecule has 33 heavy (non-hydrogen) atoms. The molecule has 0 atom stereocenters. The van der Waals surface area contributed by atoms with Crippen LogP contribution in [0.15, 0.2) is 90.7 Å². The van der Waals surface area contributed by atoms with Crippen LogP contribution in [0, 0.1) is 0 Å². The molecular weight excluding hydrogens is 416 g/mol. The van der Waals surface area contributed by atoms with Crippen molar-refractivity contribution in [1.82, 2.24) is 0 Å². The summed E-state index contributed by atoms with van der Waals surface area (Å²) in [6.45, 7) is 14.3. The Bertz CT molecular complexity index is 1290. The first-order valence-electron chi connectivity index (χ1n) is 10.4. The van der Waals surface area contributed by atoms with E-state index < -0.39 is 11.9 Å². The van der Waals surface area contributed by atoms with Crippen molar-refractivity contribution < 1.29 is 23.8 Å². The van der Waals surface area contributed by atoms with Crippen LogP contribution in [0.4, 0.5) is 0 Å². The van der Waals surface area contributed by atoms with Gasteiger partial charge in [-0.15, -0.1) is 0 Å². The molecule has 0 fully saturated rings. The topological polar surface area (TPSA) is 61.8 Å². The fraction of sp³-hybridized carbons (Fsp3) is 0.143. The summed E-state index contributed by atoms with van der Waals surface area (Å²) in [6.07, 6.45) is 1.59. The predicted octanol–water partition coefficient (Wildman–Crippen LogP) is 6.77. The van der Waals surface area contributed by atoms with E-state index in [9.17, 15) is 9.59 Å². The van der Waals surface area contributed by atoms with E-state index in [2.05, 4.69) is 13.2 Å². The lowest BCUT2D eigenvalue weighted by Crippen LogP contribution is -2.09. The zero-order chi connectivity index (χ0) is 24.1. The third kappa shape index (κ3) is 5.57. The second-order valence-corrected chi connectivity index (χ2v) is 7.97. The zero-order valence-corrected chi connectivity index (χ0v) is 19.2. The second-order valence-electron chi connectivity index (χ2n) is 7.97. The van der Waals surface area contributed by atoms with Crippen LogP contribution in [0.1, 0.15) is 27.7 Å². The average Bonchev–Trinajstić information content (AvgIpc) is 2.78. The van der Waals surface area contributed by atoms with E-state index in [1.54, 1.807) is 32.2 Å². The monoisotopic (exact) mass is 442 g/mol. The van der Waals surface area contributed by atoms with Gasteiger partial charge in [0.2, 0.25) is 0 Å². The summed E-state index contributed by atoms with van der Waals surface area (Å²) in [5.74, 6) is 0.133. The maximum Gasteiger partial charge on any atom is 0.338 e. The SMILES string of the molecule is C=C(C)C(=O)Oc1ccc(-c2ccc(OC(=O)C(=C)C)c3ccccc23)cc1OC=C(C)C. The Balaban J connectivity index is 2.11. The number of fused-ring (bicyclic) bond motifs is 1. The first-order valence-corrected chi connectivity index (χ1v) is 10.4. The normalized spacial score (nSPS) is 10.3. The van der Waals surface area contributed by atoms with Crippen LogP contribution in [-0.4, -0.2) is 11.9 Å². The lowest BCUT2D eigenvalue weighted by atomic mass is 9.97. The van der Waals surface area contributed by atoms with Crippen molar-refractivity contribution in [2.45, 2.75) is 27.7 Å². The summed E-state index contributed by atoms with van der Waals surface area (Å²) in [4.78, 5) is 24.1. The van der Waals surface area contributed by atoms with Crippen LogP contribution in [0.2, 0.25) is 0 Å². The minimum atomic E-state index is -0.529. The number of esters is 2. The molecule has 0 saturated carbocycles. The molecule has 0 aliphatic rings. The summed E-state index contributed by atoms with van der Waals surface area (Å²) in [5, 5.41) is 1.68. The van der Waals surface area contributed by atoms with Gasteiger partial charge in [-0.3, -0.25) is 0 Å². The van der Waals surface area contributed by atoms with Crippen LogP contribution in [0.3, 0.4) is 0 Å². The smallest absolute Gasteiger partial charge is 0.338 e. The lowest BCUT2D eigenvalue weighted by molar-refractivity contribution is -0.130. The van der Waals surface area contributed by atoms with E-state index in [1.807, 2.05) is 56.3 Å². The molecule has 5 nitrogen and oxygen atoms in total. The van der Waals surface area contributed by atoms with Crippen molar-refractivity contribution in [3.8, 4) is 28.4 Å². The average molecular weight is 443 g/mol. The van der Waals surface area contributed by atoms with Gasteiger partial charge in [-0.2, -0.15) is 0 Å². The highest BCUT2D eigenvalue weighted by Crippen LogP contribution is 2.39. The van der Waals surface area contributed by atoms with Gasteiger partial charge >= 0.3 is 11.9 Å². The minimum Gasteiger partial charge on any atom is -0.461 e. The second kappa shape index (κ2) is 10.0. The Morgan fingerprint density at radius 1 is 0.727 bits per heavy atom. The molecule has 0 unspecified atom stereocenters. The quantitative estimate of drug-likeness (QED) is 0.175. The molecule has 3 aromatic rings. The number of carbonyl (C=O) groups excluding carboxylic acids is 2. The van der Waals surface area contributed by atoms with E-state index in [4.69, 9.17) is 14.2 Å². The molecule has 0 aromatic heterocycles. The van der Waals surface area contributed by atoms with Gasteiger partial charge in [-0.05, 0) is 68.0 Å². The van der Waals surface area contributed by atoms with Crippen molar-refractivity contribution in [2.75, 3.05) is 0 Å². The van der Waals surface area contributed by atoms with Gasteiger partial charge in [0.1, 0.15) is 5.75 Å². The molecule has 0 amide bonds. The van der Waals surface area contributed by atoms with Crippen LogP contribution in [0.5, 0.6) is 17.2 Å². The zero-order valence-electron chi connectivity index (χ0n) is 19.2. The van der Waals surface area contributed by atoms with Crippen molar-refractivity contribution >= 4 is 22.7 Å². The Labute approximate surface area is 193 Å². The molecule has 0 saturated heterocycles. The van der Waals surface area contributed by atoms with E-state index in [1.165, 1.54) is 0 Å². The van der Waals surface area contributed by atoms with Crippen LogP contribution in [0.25, 0.3) is 21.9 Å². The van der Waals surface area contributed by atoms with Gasteiger partial charge < -0.3 is 14.2 Å². The molecule has 3 aromatic carbocycles. The maximum atomic E-state index is 12.1. The molecule has 5 heteroatoms. The van der Waals surface area contributed by atoms with E-state index >= 15 is 0 Å². The molecule has 0 aliphatic carbocycles. The van der Waals surface area contributed by atoms with Crippen LogP contribution in [-0.2, 0) is 9.59 Å². The Kier molecular flexibility index (Phi) is 7.13. The molecule has 0 spiro atoms. The number of benzene rings is 3. The number of ether oxygens (including phenoxy) is 3. The largest absolute Gasteiger partial charge is 0.461 e. The van der Waals surface area contributed by atoms with Crippen molar-refractivity contribution in [2.24, 2.45) is 0 Å². The van der Waals surface area contributed by atoms with Crippen molar-refractivity contribution in [1.29, 1.82) is 0 Å². The first kappa shape index (κ1) is 23.5. The van der Waals surface area contributed by atoms with E-state index in [0.717, 1.165) is 27.5 Å². The third-order valence-corrected chi connectivity index (χ3v) is 4.66. The summed E-state index contributed by atoms with van der Waals surface area (Å²) in [6, 6.07) is 16.6. The summed E-state index contributed by atoms with van der Waals surface area (Å²) >= 11 is 0. The molecule has 0 heterocycles. The standard InChI is InChI=1S/C28H26O5/c1-17(2)16-31-26-15-20(11-13-25(26)33-28(30)19(5)6)21-12-14-24(32-27(29)18(3)4)23-10-8-7-9-22(21)23/h7-16H,3,5H2,1-2,4,6H3. The van der Waals surface area contributed by atoms with E-state index in [0.29, 0.717) is 22.8 Å². The predicted molar refractivity (Wildman–Crippen MR) is 130 cm³/mol. The van der Waals surface area contributed by atoms with Gasteiger partial charge in [-0.25, -0.2) is 9.59 Å². The number of hydrogen-bond acceptors (Lipinski definition) is 5. The maximum absolute atomic E-state index is 12.1. The van der Waals surface area contributed by atoms with Gasteiger partial charge in [0, 0.05) is 16.5 Å². The minimum absolute atomic E-state index is 0.290. The first-order chi connectivity index (χ1) is 15.7. The van der Waals surface area contributed by atoms with Crippen molar-refractivity contribution in [3.63, 3.8) is 0 Å². The van der Waals surface area contributed by atoms with E-state index in [-0.39, 0.29) is 5.57 Å². The summed E-state index contributed by atoms with van der Waals surface area (Å²) in [7, 11) is 0. The van der Waals surface area contributed by atoms with Gasteiger partial charge in [-0.1, -0.05) is 49.6 Å². The lowest BCUT2D eigenvalue weighted by Gasteiger charge is -2.14. The Hall–Kier alpha value is -4.12. The number of allylic oxidation sites excluding steroid dienone is 1. The van der Waals surface area contributed by atoms with Gasteiger partial charge in [0.05, 0.1) is 6.26 Å². The molecule has 0 radical (unpaired) electrons. The molecule has 168 valence electrons. The fourth-order valence-electron chi connectivity index (χ4n) is 3.02. The number of carbonyl (C=O) groups is 2.